The largest absolute Gasteiger partial charge is 0.484 e. The van der Waals surface area contributed by atoms with E-state index < -0.39 is 5.97 Å². The van der Waals surface area contributed by atoms with E-state index in [0.717, 1.165) is 5.39 Å². The number of rotatable bonds is 4. The van der Waals surface area contributed by atoms with Gasteiger partial charge in [0.1, 0.15) is 11.4 Å². The molecular weight excluding hydrogens is 248 g/mol. The minimum atomic E-state index is -1.08. The summed E-state index contributed by atoms with van der Waals surface area (Å²) in [7, 11) is 1.52. The Kier molecular flexibility index (Phi) is 3.61. The summed E-state index contributed by atoms with van der Waals surface area (Å²) < 4.78 is 5.29. The number of aromatic carboxylic acids is 1. The second-order valence-electron chi connectivity index (χ2n) is 3.85. The van der Waals surface area contributed by atoms with E-state index in [1.165, 1.54) is 19.3 Å². The minimum Gasteiger partial charge on any atom is -0.484 e. The zero-order chi connectivity index (χ0) is 13.8. The molecule has 0 bridgehead atoms. The number of pyridine rings is 1. The first kappa shape index (κ1) is 12.8. The van der Waals surface area contributed by atoms with E-state index in [1.54, 1.807) is 18.2 Å². The number of hydrogen-bond acceptors (Lipinski definition) is 4. The third-order valence-electron chi connectivity index (χ3n) is 2.56. The van der Waals surface area contributed by atoms with Crippen LogP contribution >= 0.6 is 0 Å². The van der Waals surface area contributed by atoms with E-state index in [2.05, 4.69) is 10.3 Å². The Labute approximate surface area is 109 Å². The number of aromatic nitrogens is 1. The highest BCUT2D eigenvalue weighted by atomic mass is 16.5. The van der Waals surface area contributed by atoms with Crippen molar-refractivity contribution in [2.24, 2.45) is 0 Å². The maximum Gasteiger partial charge on any atom is 0.354 e. The molecule has 2 rings (SSSR count). The number of carbonyl (C=O) groups excluding carboxylic acids is 1. The summed E-state index contributed by atoms with van der Waals surface area (Å²) in [6.45, 7) is -0.0844. The third kappa shape index (κ3) is 2.98. The van der Waals surface area contributed by atoms with Crippen molar-refractivity contribution in [2.45, 2.75) is 0 Å². The van der Waals surface area contributed by atoms with E-state index in [9.17, 15) is 9.59 Å². The molecule has 1 amide bonds. The first-order valence-corrected chi connectivity index (χ1v) is 5.56. The monoisotopic (exact) mass is 260 g/mol. The van der Waals surface area contributed by atoms with Gasteiger partial charge in [-0.25, -0.2) is 9.78 Å². The van der Waals surface area contributed by atoms with Gasteiger partial charge in [0.05, 0.1) is 0 Å². The Hall–Kier alpha value is -2.63. The molecule has 1 aromatic carbocycles. The Bertz CT molecular complexity index is 640. The van der Waals surface area contributed by atoms with Gasteiger partial charge in [-0.05, 0) is 29.7 Å². The highest BCUT2D eigenvalue weighted by Gasteiger charge is 2.06. The van der Waals surface area contributed by atoms with E-state index in [0.29, 0.717) is 11.1 Å². The van der Waals surface area contributed by atoms with Crippen LogP contribution in [0.15, 0.2) is 30.5 Å². The topological polar surface area (TPSA) is 88.5 Å². The molecule has 2 N–H and O–H groups in total. The van der Waals surface area contributed by atoms with Gasteiger partial charge < -0.3 is 15.2 Å². The number of benzene rings is 1. The van der Waals surface area contributed by atoms with Gasteiger partial charge in [-0.2, -0.15) is 0 Å². The molecule has 0 fully saturated rings. The average molecular weight is 260 g/mol. The number of nitrogens with zero attached hydrogens (tertiary/aromatic N) is 1. The summed E-state index contributed by atoms with van der Waals surface area (Å²) >= 11 is 0. The molecule has 19 heavy (non-hydrogen) atoms. The van der Waals surface area contributed by atoms with Crippen molar-refractivity contribution in [3.8, 4) is 5.75 Å². The average Bonchev–Trinajstić information content (AvgIpc) is 2.43. The van der Waals surface area contributed by atoms with Crippen LogP contribution in [-0.2, 0) is 4.79 Å². The lowest BCUT2D eigenvalue weighted by Gasteiger charge is -2.06. The smallest absolute Gasteiger partial charge is 0.354 e. The maximum absolute atomic E-state index is 11.1. The molecule has 0 spiro atoms. The molecule has 0 aliphatic heterocycles. The molecule has 6 heteroatoms. The van der Waals surface area contributed by atoms with Crippen molar-refractivity contribution in [3.05, 3.63) is 36.2 Å². The molecule has 0 atom stereocenters. The molecule has 0 radical (unpaired) electrons. The number of nitrogens with one attached hydrogen (secondary N) is 1. The fourth-order valence-corrected chi connectivity index (χ4v) is 1.55. The summed E-state index contributed by atoms with van der Waals surface area (Å²) in [4.78, 5) is 25.7. The molecule has 1 heterocycles. The van der Waals surface area contributed by atoms with Crippen LogP contribution in [0.25, 0.3) is 10.8 Å². The van der Waals surface area contributed by atoms with E-state index in [1.807, 2.05) is 0 Å². The summed E-state index contributed by atoms with van der Waals surface area (Å²) in [6, 6.07) is 6.59. The van der Waals surface area contributed by atoms with E-state index in [-0.39, 0.29) is 18.2 Å². The number of amides is 1. The minimum absolute atomic E-state index is 0.0315. The first-order valence-electron chi connectivity index (χ1n) is 5.56. The molecule has 0 unspecified atom stereocenters. The molecule has 0 saturated carbocycles. The van der Waals surface area contributed by atoms with E-state index in [4.69, 9.17) is 9.84 Å². The molecule has 2 aromatic rings. The fourth-order valence-electron chi connectivity index (χ4n) is 1.55. The fraction of sp³-hybridized carbons (Fsp3) is 0.154. The van der Waals surface area contributed by atoms with Crippen molar-refractivity contribution in [1.82, 2.24) is 10.3 Å². The van der Waals surface area contributed by atoms with Gasteiger partial charge in [-0.3, -0.25) is 4.79 Å². The number of carboxylic acids is 1. The van der Waals surface area contributed by atoms with Crippen LogP contribution < -0.4 is 10.1 Å². The zero-order valence-corrected chi connectivity index (χ0v) is 10.2. The number of carbonyl (C=O) groups is 2. The second-order valence-corrected chi connectivity index (χ2v) is 3.85. The Balaban J connectivity index is 2.27. The quantitative estimate of drug-likeness (QED) is 0.858. The molecule has 1 aromatic heterocycles. The predicted octanol–water partition coefficient (Wildman–Crippen LogP) is 1.06. The van der Waals surface area contributed by atoms with Gasteiger partial charge in [-0.1, -0.05) is 0 Å². The van der Waals surface area contributed by atoms with E-state index >= 15 is 0 Å². The lowest BCUT2D eigenvalue weighted by molar-refractivity contribution is -0.122. The second kappa shape index (κ2) is 5.34. The van der Waals surface area contributed by atoms with Crippen molar-refractivity contribution < 1.29 is 19.4 Å². The summed E-state index contributed by atoms with van der Waals surface area (Å²) in [6.07, 6.45) is 1.49. The Morgan fingerprint density at radius 3 is 2.79 bits per heavy atom. The predicted molar refractivity (Wildman–Crippen MR) is 68.3 cm³/mol. The molecule has 0 saturated heterocycles. The number of likely N-dealkylation sites (N-methyl/N-ethyl adjacent to an activating group) is 1. The van der Waals surface area contributed by atoms with Gasteiger partial charge in [0, 0.05) is 18.6 Å². The molecule has 0 aliphatic rings. The lowest BCUT2D eigenvalue weighted by atomic mass is 10.1. The van der Waals surface area contributed by atoms with Crippen LogP contribution in [0.1, 0.15) is 10.5 Å². The van der Waals surface area contributed by atoms with Crippen LogP contribution in [0.2, 0.25) is 0 Å². The van der Waals surface area contributed by atoms with Gasteiger partial charge in [0.25, 0.3) is 5.91 Å². The molecule has 0 aliphatic carbocycles. The van der Waals surface area contributed by atoms with Crippen molar-refractivity contribution in [1.29, 1.82) is 0 Å². The number of hydrogen-bond donors (Lipinski definition) is 2. The van der Waals surface area contributed by atoms with Crippen LogP contribution in [0.5, 0.6) is 5.75 Å². The van der Waals surface area contributed by atoms with Crippen LogP contribution in [-0.4, -0.2) is 35.6 Å². The first-order chi connectivity index (χ1) is 9.10. The summed E-state index contributed by atoms with van der Waals surface area (Å²) in [5, 5.41) is 12.8. The summed E-state index contributed by atoms with van der Waals surface area (Å²) in [5.41, 5.74) is -0.0315. The van der Waals surface area contributed by atoms with Crippen LogP contribution in [0, 0.1) is 0 Å². The van der Waals surface area contributed by atoms with Gasteiger partial charge in [0.2, 0.25) is 0 Å². The van der Waals surface area contributed by atoms with Gasteiger partial charge in [0.15, 0.2) is 6.61 Å². The standard InChI is InChI=1S/C13H12N2O4/c1-14-12(16)7-19-10-3-2-8-6-15-11(13(17)18)5-9(8)4-10/h2-6H,7H2,1H3,(H,14,16)(H,17,18). The molecule has 6 nitrogen and oxygen atoms in total. The van der Waals surface area contributed by atoms with Crippen LogP contribution in [0.4, 0.5) is 0 Å². The van der Waals surface area contributed by atoms with Crippen molar-refractivity contribution in [2.75, 3.05) is 13.7 Å². The Morgan fingerprint density at radius 1 is 1.32 bits per heavy atom. The third-order valence-corrected chi connectivity index (χ3v) is 2.56. The maximum atomic E-state index is 11.1. The molecular formula is C13H12N2O4. The number of ether oxygens (including phenoxy) is 1. The highest BCUT2D eigenvalue weighted by molar-refractivity contribution is 5.92. The number of carboxylic acid groups (broad SMARTS) is 1. The van der Waals surface area contributed by atoms with Crippen LogP contribution in [0.3, 0.4) is 0 Å². The normalized spacial score (nSPS) is 10.2. The highest BCUT2D eigenvalue weighted by Crippen LogP contribution is 2.21. The van der Waals surface area contributed by atoms with Gasteiger partial charge in [-0.15, -0.1) is 0 Å². The lowest BCUT2D eigenvalue weighted by Crippen LogP contribution is -2.24. The van der Waals surface area contributed by atoms with Crippen molar-refractivity contribution in [3.63, 3.8) is 0 Å². The van der Waals surface area contributed by atoms with Gasteiger partial charge >= 0.3 is 5.97 Å². The van der Waals surface area contributed by atoms with Crippen molar-refractivity contribution >= 4 is 22.6 Å². The SMILES string of the molecule is CNC(=O)COc1ccc2cnc(C(=O)O)cc2c1. The Morgan fingerprint density at radius 2 is 2.11 bits per heavy atom. The number of fused-ring (bicyclic) bond motifs is 1. The zero-order valence-electron chi connectivity index (χ0n) is 10.2. The summed E-state index contributed by atoms with van der Waals surface area (Å²) in [5.74, 6) is -0.821. The molecule has 98 valence electrons.